The van der Waals surface area contributed by atoms with Crippen LogP contribution in [0.4, 0.5) is 5.82 Å². The van der Waals surface area contributed by atoms with Gasteiger partial charge in [-0.05, 0) is 32.6 Å². The second-order valence-electron chi connectivity index (χ2n) is 4.96. The van der Waals surface area contributed by atoms with E-state index >= 15 is 0 Å². The monoisotopic (exact) mass is 278 g/mol. The number of aromatic nitrogens is 3. The lowest BCUT2D eigenvalue weighted by Gasteiger charge is -2.28. The van der Waals surface area contributed by atoms with Crippen LogP contribution in [0.1, 0.15) is 36.8 Å². The van der Waals surface area contributed by atoms with Gasteiger partial charge in [0.05, 0.1) is 5.56 Å². The highest BCUT2D eigenvalue weighted by Crippen LogP contribution is 2.22. The zero-order valence-corrected chi connectivity index (χ0v) is 12.2. The molecule has 0 amide bonds. The van der Waals surface area contributed by atoms with Gasteiger partial charge in [-0.2, -0.15) is 9.61 Å². The van der Waals surface area contributed by atoms with Gasteiger partial charge in [-0.1, -0.05) is 18.3 Å². The molecule has 5 nitrogen and oxygen atoms in total. The molecule has 0 N–H and O–H groups in total. The average Bonchev–Trinajstić information content (AvgIpc) is 2.87. The van der Waals surface area contributed by atoms with E-state index in [2.05, 4.69) is 15.0 Å². The molecule has 1 saturated heterocycles. The fourth-order valence-corrected chi connectivity index (χ4v) is 3.33. The molecule has 0 aliphatic carbocycles. The molecular formula is C13H18N4OS. The van der Waals surface area contributed by atoms with Gasteiger partial charge in [-0.25, -0.2) is 4.98 Å². The summed E-state index contributed by atoms with van der Waals surface area (Å²) in [7, 11) is 0. The van der Waals surface area contributed by atoms with Gasteiger partial charge >= 0.3 is 0 Å². The van der Waals surface area contributed by atoms with Gasteiger partial charge in [0, 0.05) is 13.1 Å². The van der Waals surface area contributed by atoms with Gasteiger partial charge in [0.1, 0.15) is 10.8 Å². The number of fused-ring (bicyclic) bond motifs is 1. The first-order chi connectivity index (χ1) is 9.20. The predicted molar refractivity (Wildman–Crippen MR) is 77.3 cm³/mol. The average molecular weight is 278 g/mol. The van der Waals surface area contributed by atoms with Crippen LogP contribution in [-0.2, 0) is 6.42 Å². The number of aryl methyl sites for hydroxylation is 1. The number of anilines is 1. The fourth-order valence-electron chi connectivity index (χ4n) is 2.51. The highest BCUT2D eigenvalue weighted by Gasteiger charge is 2.19. The second-order valence-corrected chi connectivity index (χ2v) is 6.00. The van der Waals surface area contributed by atoms with Gasteiger partial charge < -0.3 is 4.90 Å². The maximum absolute atomic E-state index is 12.4. The number of hydrogen-bond donors (Lipinski definition) is 0. The van der Waals surface area contributed by atoms with E-state index in [-0.39, 0.29) is 5.56 Å². The molecule has 1 fully saturated rings. The summed E-state index contributed by atoms with van der Waals surface area (Å²) in [6.45, 7) is 5.91. The second kappa shape index (κ2) is 4.92. The zero-order valence-electron chi connectivity index (χ0n) is 11.3. The molecule has 2 aromatic rings. The molecule has 1 aliphatic heterocycles. The molecule has 2 aromatic heterocycles. The van der Waals surface area contributed by atoms with Gasteiger partial charge in [0.15, 0.2) is 0 Å². The molecule has 0 aromatic carbocycles. The first-order valence-electron chi connectivity index (χ1n) is 6.85. The Hall–Kier alpha value is -1.43. The summed E-state index contributed by atoms with van der Waals surface area (Å²) in [5, 5.41) is 5.28. The van der Waals surface area contributed by atoms with Crippen molar-refractivity contribution in [1.82, 2.24) is 14.6 Å². The SMILES string of the molecule is CCc1nn2c(=O)c(C)c(N3CCCCC3)nc2s1. The maximum atomic E-state index is 12.4. The summed E-state index contributed by atoms with van der Waals surface area (Å²) in [4.78, 5) is 20.0. The van der Waals surface area contributed by atoms with Crippen molar-refractivity contribution in [2.45, 2.75) is 39.5 Å². The number of rotatable bonds is 2. The Kier molecular flexibility index (Phi) is 3.26. The van der Waals surface area contributed by atoms with Gasteiger partial charge in [0.25, 0.3) is 5.56 Å². The van der Waals surface area contributed by atoms with Crippen LogP contribution in [0.3, 0.4) is 0 Å². The molecule has 19 heavy (non-hydrogen) atoms. The number of hydrogen-bond acceptors (Lipinski definition) is 5. The van der Waals surface area contributed by atoms with Crippen LogP contribution in [0.2, 0.25) is 0 Å². The van der Waals surface area contributed by atoms with Crippen molar-refractivity contribution in [2.75, 3.05) is 18.0 Å². The van der Waals surface area contributed by atoms with Crippen molar-refractivity contribution in [3.05, 3.63) is 20.9 Å². The third-order valence-corrected chi connectivity index (χ3v) is 4.66. The molecule has 0 spiro atoms. The molecular weight excluding hydrogens is 260 g/mol. The van der Waals surface area contributed by atoms with Crippen LogP contribution < -0.4 is 10.5 Å². The third-order valence-electron chi connectivity index (χ3n) is 3.61. The maximum Gasteiger partial charge on any atom is 0.280 e. The minimum atomic E-state index is -0.0264. The van der Waals surface area contributed by atoms with E-state index in [0.717, 1.165) is 30.3 Å². The summed E-state index contributed by atoms with van der Waals surface area (Å²) in [5.41, 5.74) is 0.689. The van der Waals surface area contributed by atoms with E-state index in [9.17, 15) is 4.79 Å². The van der Waals surface area contributed by atoms with E-state index < -0.39 is 0 Å². The minimum Gasteiger partial charge on any atom is -0.356 e. The van der Waals surface area contributed by atoms with Crippen LogP contribution in [0.15, 0.2) is 4.79 Å². The van der Waals surface area contributed by atoms with Crippen molar-refractivity contribution in [3.8, 4) is 0 Å². The molecule has 0 saturated carbocycles. The van der Waals surface area contributed by atoms with Crippen LogP contribution in [-0.4, -0.2) is 27.7 Å². The third kappa shape index (κ3) is 2.14. The standard InChI is InChI=1S/C13H18N4OS/c1-3-10-15-17-12(18)9(2)11(14-13(17)19-10)16-7-5-4-6-8-16/h3-8H2,1-2H3. The first-order valence-corrected chi connectivity index (χ1v) is 7.66. The Morgan fingerprint density at radius 1 is 1.26 bits per heavy atom. The summed E-state index contributed by atoms with van der Waals surface area (Å²) < 4.78 is 1.45. The van der Waals surface area contributed by atoms with Crippen LogP contribution in [0, 0.1) is 6.92 Å². The lowest BCUT2D eigenvalue weighted by atomic mass is 10.1. The van der Waals surface area contributed by atoms with Gasteiger partial charge in [-0.15, -0.1) is 0 Å². The highest BCUT2D eigenvalue weighted by molar-refractivity contribution is 7.16. The molecule has 3 rings (SSSR count). The number of piperidine rings is 1. The van der Waals surface area contributed by atoms with Crippen molar-refractivity contribution in [3.63, 3.8) is 0 Å². The quantitative estimate of drug-likeness (QED) is 0.843. The molecule has 102 valence electrons. The molecule has 0 unspecified atom stereocenters. The molecule has 0 atom stereocenters. The molecule has 0 bridgehead atoms. The van der Waals surface area contributed by atoms with E-state index in [0.29, 0.717) is 10.5 Å². The Labute approximate surface area is 115 Å². The van der Waals surface area contributed by atoms with Crippen molar-refractivity contribution in [1.29, 1.82) is 0 Å². The minimum absolute atomic E-state index is 0.0264. The summed E-state index contributed by atoms with van der Waals surface area (Å²) in [6, 6.07) is 0. The summed E-state index contributed by atoms with van der Waals surface area (Å²) >= 11 is 1.51. The first kappa shape index (κ1) is 12.6. The Balaban J connectivity index is 2.14. The lowest BCUT2D eigenvalue weighted by molar-refractivity contribution is 0.572. The largest absolute Gasteiger partial charge is 0.356 e. The topological polar surface area (TPSA) is 50.5 Å². The summed E-state index contributed by atoms with van der Waals surface area (Å²) in [6.07, 6.45) is 4.48. The van der Waals surface area contributed by atoms with Gasteiger partial charge in [0.2, 0.25) is 4.96 Å². The molecule has 3 heterocycles. The lowest BCUT2D eigenvalue weighted by Crippen LogP contribution is -2.33. The van der Waals surface area contributed by atoms with Crippen LogP contribution >= 0.6 is 11.3 Å². The normalized spacial score (nSPS) is 16.2. The van der Waals surface area contributed by atoms with Crippen LogP contribution in [0.25, 0.3) is 4.96 Å². The molecule has 0 radical (unpaired) electrons. The van der Waals surface area contributed by atoms with E-state index in [1.165, 1.54) is 35.1 Å². The number of nitrogens with zero attached hydrogens (tertiary/aromatic N) is 4. The zero-order chi connectivity index (χ0) is 13.4. The highest BCUT2D eigenvalue weighted by atomic mass is 32.1. The molecule has 1 aliphatic rings. The Bertz CT molecular complexity index is 654. The smallest absolute Gasteiger partial charge is 0.280 e. The predicted octanol–water partition coefficient (Wildman–Crippen LogP) is 2.01. The van der Waals surface area contributed by atoms with Crippen molar-refractivity contribution in [2.24, 2.45) is 0 Å². The Morgan fingerprint density at radius 3 is 2.68 bits per heavy atom. The van der Waals surface area contributed by atoms with E-state index in [1.807, 2.05) is 13.8 Å². The van der Waals surface area contributed by atoms with Crippen molar-refractivity contribution >= 4 is 22.1 Å². The van der Waals surface area contributed by atoms with Gasteiger partial charge in [-0.3, -0.25) is 4.79 Å². The van der Waals surface area contributed by atoms with Crippen molar-refractivity contribution < 1.29 is 0 Å². The summed E-state index contributed by atoms with van der Waals surface area (Å²) in [5.74, 6) is 0.857. The van der Waals surface area contributed by atoms with Crippen LogP contribution in [0.5, 0.6) is 0 Å². The van der Waals surface area contributed by atoms with E-state index in [4.69, 9.17) is 0 Å². The van der Waals surface area contributed by atoms with E-state index in [1.54, 1.807) is 0 Å². The fraction of sp³-hybridized carbons (Fsp3) is 0.615. The molecule has 6 heteroatoms. The Morgan fingerprint density at radius 2 is 2.00 bits per heavy atom.